The molecular weight excluding hydrogens is 226 g/mol. The molecule has 4 heteroatoms. The first-order valence-electron chi connectivity index (χ1n) is 5.30. The van der Waals surface area contributed by atoms with Crippen LogP contribution in [0, 0.1) is 0 Å². The largest absolute Gasteiger partial charge is 0.396 e. The highest BCUT2D eigenvalue weighted by Gasteiger charge is 2.04. The lowest BCUT2D eigenvalue weighted by Crippen LogP contribution is -2.08. The molecule has 1 rings (SSSR count). The lowest BCUT2D eigenvalue weighted by atomic mass is 10.1. The Hall–Kier alpha value is -1.06. The van der Waals surface area contributed by atoms with E-state index in [0.29, 0.717) is 5.02 Å². The van der Waals surface area contributed by atoms with Gasteiger partial charge in [-0.25, -0.2) is 0 Å². The fourth-order valence-electron chi connectivity index (χ4n) is 1.50. The first-order valence-corrected chi connectivity index (χ1v) is 5.68. The van der Waals surface area contributed by atoms with Crippen molar-refractivity contribution in [2.75, 3.05) is 11.9 Å². The van der Waals surface area contributed by atoms with Crippen LogP contribution in [0.2, 0.25) is 5.02 Å². The van der Waals surface area contributed by atoms with E-state index in [1.54, 1.807) is 12.1 Å². The zero-order valence-corrected chi connectivity index (χ0v) is 10.0. The first kappa shape index (κ1) is 13.0. The van der Waals surface area contributed by atoms with Crippen molar-refractivity contribution in [3.05, 3.63) is 28.8 Å². The molecule has 88 valence electrons. The van der Waals surface area contributed by atoms with Gasteiger partial charge in [0.2, 0.25) is 5.91 Å². The number of nitrogens with one attached hydrogen (secondary N) is 1. The molecule has 2 N–H and O–H groups in total. The Bertz CT molecular complexity index is 366. The van der Waals surface area contributed by atoms with Crippen molar-refractivity contribution in [3.63, 3.8) is 0 Å². The highest BCUT2D eigenvalue weighted by molar-refractivity contribution is 6.31. The van der Waals surface area contributed by atoms with Crippen molar-refractivity contribution in [1.29, 1.82) is 0 Å². The van der Waals surface area contributed by atoms with Gasteiger partial charge in [-0.2, -0.15) is 0 Å². The number of hydrogen-bond donors (Lipinski definition) is 2. The molecule has 0 saturated heterocycles. The molecule has 0 aliphatic heterocycles. The second kappa shape index (κ2) is 6.51. The van der Waals surface area contributed by atoms with Gasteiger partial charge in [-0.3, -0.25) is 4.79 Å². The molecule has 0 unspecified atom stereocenters. The zero-order chi connectivity index (χ0) is 12.0. The molecule has 0 saturated carbocycles. The molecule has 3 nitrogen and oxygen atoms in total. The molecule has 0 radical (unpaired) electrons. The molecule has 1 aromatic carbocycles. The summed E-state index contributed by atoms with van der Waals surface area (Å²) in [4.78, 5) is 11.0. The minimum atomic E-state index is -0.106. The van der Waals surface area contributed by atoms with Crippen LogP contribution in [-0.4, -0.2) is 17.6 Å². The van der Waals surface area contributed by atoms with Crippen LogP contribution >= 0.6 is 11.6 Å². The molecule has 0 fully saturated rings. The van der Waals surface area contributed by atoms with Crippen LogP contribution < -0.4 is 5.32 Å². The maximum atomic E-state index is 11.0. The monoisotopic (exact) mass is 241 g/mol. The molecule has 16 heavy (non-hydrogen) atoms. The number of aliphatic hydroxyl groups excluding tert-OH is 1. The van der Waals surface area contributed by atoms with Gasteiger partial charge in [0, 0.05) is 24.2 Å². The van der Waals surface area contributed by atoms with Crippen molar-refractivity contribution < 1.29 is 9.90 Å². The molecule has 0 spiro atoms. The summed E-state index contributed by atoms with van der Waals surface area (Å²) in [5, 5.41) is 12.1. The lowest BCUT2D eigenvalue weighted by molar-refractivity contribution is -0.114. The third-order valence-corrected chi connectivity index (χ3v) is 2.47. The quantitative estimate of drug-likeness (QED) is 0.779. The Balaban J connectivity index is 2.76. The normalized spacial score (nSPS) is 10.2. The van der Waals surface area contributed by atoms with E-state index in [4.69, 9.17) is 16.7 Å². The predicted octanol–water partition coefficient (Wildman–Crippen LogP) is 2.61. The van der Waals surface area contributed by atoms with Crippen molar-refractivity contribution in [3.8, 4) is 0 Å². The number of benzene rings is 1. The van der Waals surface area contributed by atoms with E-state index in [9.17, 15) is 4.79 Å². The second-order valence-electron chi connectivity index (χ2n) is 3.66. The molecule has 0 aromatic heterocycles. The SMILES string of the molecule is CC(=O)Nc1cc(Cl)ccc1CCCCO. The third kappa shape index (κ3) is 4.21. The fourth-order valence-corrected chi connectivity index (χ4v) is 1.67. The number of unbranched alkanes of at least 4 members (excludes halogenated alkanes) is 1. The van der Waals surface area contributed by atoms with Crippen LogP contribution in [-0.2, 0) is 11.2 Å². The Kier molecular flexibility index (Phi) is 5.29. The number of amides is 1. The Morgan fingerprint density at radius 2 is 2.19 bits per heavy atom. The maximum absolute atomic E-state index is 11.0. The van der Waals surface area contributed by atoms with E-state index in [-0.39, 0.29) is 12.5 Å². The Labute approximate surface area is 100 Å². The fraction of sp³-hybridized carbons (Fsp3) is 0.417. The zero-order valence-electron chi connectivity index (χ0n) is 9.29. The van der Waals surface area contributed by atoms with Crippen molar-refractivity contribution in [2.45, 2.75) is 26.2 Å². The number of carbonyl (C=O) groups is 1. The summed E-state index contributed by atoms with van der Waals surface area (Å²) in [5.74, 6) is -0.106. The summed E-state index contributed by atoms with van der Waals surface area (Å²) in [7, 11) is 0. The Morgan fingerprint density at radius 1 is 1.44 bits per heavy atom. The van der Waals surface area contributed by atoms with Crippen LogP contribution in [0.25, 0.3) is 0 Å². The van der Waals surface area contributed by atoms with E-state index < -0.39 is 0 Å². The van der Waals surface area contributed by atoms with E-state index in [0.717, 1.165) is 30.5 Å². The summed E-state index contributed by atoms with van der Waals surface area (Å²) < 4.78 is 0. The topological polar surface area (TPSA) is 49.3 Å². The van der Waals surface area contributed by atoms with Gasteiger partial charge >= 0.3 is 0 Å². The second-order valence-corrected chi connectivity index (χ2v) is 4.10. The molecule has 0 aliphatic carbocycles. The van der Waals surface area contributed by atoms with Gasteiger partial charge in [0.1, 0.15) is 0 Å². The molecule has 0 bridgehead atoms. The van der Waals surface area contributed by atoms with Gasteiger partial charge < -0.3 is 10.4 Å². The smallest absolute Gasteiger partial charge is 0.221 e. The number of aliphatic hydroxyl groups is 1. The molecule has 1 aromatic rings. The summed E-state index contributed by atoms with van der Waals surface area (Å²) in [6.45, 7) is 1.67. The van der Waals surface area contributed by atoms with Crippen molar-refractivity contribution in [2.24, 2.45) is 0 Å². The number of aryl methyl sites for hydroxylation is 1. The van der Waals surface area contributed by atoms with E-state index >= 15 is 0 Å². The molecule has 0 atom stereocenters. The third-order valence-electron chi connectivity index (χ3n) is 2.24. The number of rotatable bonds is 5. The average Bonchev–Trinajstić information content (AvgIpc) is 2.20. The van der Waals surface area contributed by atoms with Crippen molar-refractivity contribution >= 4 is 23.2 Å². The Morgan fingerprint density at radius 3 is 2.81 bits per heavy atom. The highest BCUT2D eigenvalue weighted by atomic mass is 35.5. The summed E-state index contributed by atoms with van der Waals surface area (Å²) in [6.07, 6.45) is 2.49. The number of anilines is 1. The average molecular weight is 242 g/mol. The molecule has 0 heterocycles. The van der Waals surface area contributed by atoms with Crippen LogP contribution in [0.1, 0.15) is 25.3 Å². The first-order chi connectivity index (χ1) is 7.63. The number of halogens is 1. The van der Waals surface area contributed by atoms with E-state index in [1.165, 1.54) is 6.92 Å². The molecule has 0 aliphatic rings. The van der Waals surface area contributed by atoms with Gasteiger partial charge in [0.25, 0.3) is 0 Å². The molecule has 1 amide bonds. The number of hydrogen-bond acceptors (Lipinski definition) is 2. The van der Waals surface area contributed by atoms with Gasteiger partial charge in [-0.15, -0.1) is 0 Å². The number of carbonyl (C=O) groups excluding carboxylic acids is 1. The highest BCUT2D eigenvalue weighted by Crippen LogP contribution is 2.22. The van der Waals surface area contributed by atoms with E-state index in [1.807, 2.05) is 6.07 Å². The van der Waals surface area contributed by atoms with Gasteiger partial charge in [-0.1, -0.05) is 17.7 Å². The minimum Gasteiger partial charge on any atom is -0.396 e. The van der Waals surface area contributed by atoms with Gasteiger partial charge in [0.15, 0.2) is 0 Å². The molecular formula is C12H16ClNO2. The summed E-state index contributed by atoms with van der Waals surface area (Å²) >= 11 is 5.87. The maximum Gasteiger partial charge on any atom is 0.221 e. The van der Waals surface area contributed by atoms with E-state index in [2.05, 4.69) is 5.32 Å². The minimum absolute atomic E-state index is 0.106. The van der Waals surface area contributed by atoms with Crippen LogP contribution in [0.5, 0.6) is 0 Å². The van der Waals surface area contributed by atoms with Crippen LogP contribution in [0.15, 0.2) is 18.2 Å². The van der Waals surface area contributed by atoms with Crippen LogP contribution in [0.4, 0.5) is 5.69 Å². The predicted molar refractivity (Wildman–Crippen MR) is 65.8 cm³/mol. The van der Waals surface area contributed by atoms with Crippen molar-refractivity contribution in [1.82, 2.24) is 0 Å². The van der Waals surface area contributed by atoms with Gasteiger partial charge in [0.05, 0.1) is 0 Å². The van der Waals surface area contributed by atoms with Crippen LogP contribution in [0.3, 0.4) is 0 Å². The van der Waals surface area contributed by atoms with Gasteiger partial charge in [-0.05, 0) is 37.0 Å². The summed E-state index contributed by atoms with van der Waals surface area (Å²) in [6, 6.07) is 5.46. The summed E-state index contributed by atoms with van der Waals surface area (Å²) in [5.41, 5.74) is 1.81. The standard InChI is InChI=1S/C12H16ClNO2/c1-9(16)14-12-8-11(13)6-5-10(12)4-2-3-7-15/h5-6,8,15H,2-4,7H2,1H3,(H,14,16). The lowest BCUT2D eigenvalue weighted by Gasteiger charge is -2.10.